The molecule has 0 unspecified atom stereocenters. The second-order valence-corrected chi connectivity index (χ2v) is 9.43. The van der Waals surface area contributed by atoms with Gasteiger partial charge in [0.25, 0.3) is 5.91 Å². The van der Waals surface area contributed by atoms with Gasteiger partial charge in [-0.15, -0.1) is 0 Å². The van der Waals surface area contributed by atoms with Gasteiger partial charge in [0.1, 0.15) is 23.1 Å². The highest BCUT2D eigenvalue weighted by Gasteiger charge is 2.42. The number of aromatic nitrogens is 4. The number of methoxy groups -OCH3 is 1. The first-order valence-electron chi connectivity index (χ1n) is 12.2. The largest absolute Gasteiger partial charge is 0.497 e. The zero-order valence-electron chi connectivity index (χ0n) is 21.5. The average molecular weight is 543 g/mol. The van der Waals surface area contributed by atoms with Crippen molar-refractivity contribution in [2.75, 3.05) is 32.6 Å². The van der Waals surface area contributed by atoms with Crippen LogP contribution in [0.5, 0.6) is 5.75 Å². The number of amides is 1. The molecule has 0 saturated heterocycles. The van der Waals surface area contributed by atoms with Gasteiger partial charge in [-0.2, -0.15) is 18.3 Å². The third-order valence-corrected chi connectivity index (χ3v) is 6.50. The number of imidazole rings is 1. The van der Waals surface area contributed by atoms with Crippen molar-refractivity contribution in [2.24, 2.45) is 0 Å². The summed E-state index contributed by atoms with van der Waals surface area (Å²) in [7, 11) is 5.22. The van der Waals surface area contributed by atoms with E-state index in [1.54, 1.807) is 35.2 Å². The van der Waals surface area contributed by atoms with E-state index in [-0.39, 0.29) is 47.7 Å². The second kappa shape index (κ2) is 10.2. The first kappa shape index (κ1) is 26.4. The predicted octanol–water partition coefficient (Wildman–Crippen LogP) is 4.88. The summed E-state index contributed by atoms with van der Waals surface area (Å²) >= 11 is 0. The number of hydrogen-bond acceptors (Lipinski definition) is 5. The lowest BCUT2D eigenvalue weighted by Crippen LogP contribution is -2.32. The number of anilines is 1. The Kier molecular flexibility index (Phi) is 6.89. The molecule has 0 spiro atoms. The number of halogens is 4. The SMILES string of the molecule is COc1ccc(-n2nc(C(F)(F)F)c3c2C(=O)N(c2ccc(-n4ccnc4CN(C)C)c(F)c2)CCC3)cc1. The van der Waals surface area contributed by atoms with Crippen LogP contribution >= 0.6 is 0 Å². The maximum atomic E-state index is 15.4. The monoisotopic (exact) mass is 542 g/mol. The molecule has 12 heteroatoms. The highest BCUT2D eigenvalue weighted by molar-refractivity contribution is 6.07. The number of rotatable bonds is 6. The molecule has 0 radical (unpaired) electrons. The molecule has 0 fully saturated rings. The molecule has 3 heterocycles. The van der Waals surface area contributed by atoms with Crippen molar-refractivity contribution < 1.29 is 27.1 Å². The molecular weight excluding hydrogens is 516 g/mol. The van der Waals surface area contributed by atoms with Gasteiger partial charge in [-0.1, -0.05) is 0 Å². The van der Waals surface area contributed by atoms with Crippen LogP contribution < -0.4 is 9.64 Å². The number of hydrogen-bond donors (Lipinski definition) is 0. The van der Waals surface area contributed by atoms with Gasteiger partial charge in [-0.3, -0.25) is 9.36 Å². The van der Waals surface area contributed by atoms with E-state index in [2.05, 4.69) is 10.1 Å². The summed E-state index contributed by atoms with van der Waals surface area (Å²) in [5, 5.41) is 3.82. The molecule has 4 aromatic rings. The molecule has 1 aliphatic heterocycles. The summed E-state index contributed by atoms with van der Waals surface area (Å²) in [6.45, 7) is 0.599. The Labute approximate surface area is 222 Å². The van der Waals surface area contributed by atoms with Crippen molar-refractivity contribution in [3.05, 3.63) is 83.5 Å². The van der Waals surface area contributed by atoms with Gasteiger partial charge in [-0.05, 0) is 69.4 Å². The van der Waals surface area contributed by atoms with Crippen molar-refractivity contribution >= 4 is 11.6 Å². The molecule has 1 aliphatic rings. The van der Waals surface area contributed by atoms with Crippen LogP contribution in [-0.4, -0.2) is 57.9 Å². The van der Waals surface area contributed by atoms with Crippen LogP contribution in [0.15, 0.2) is 54.9 Å². The fourth-order valence-corrected chi connectivity index (χ4v) is 4.75. The van der Waals surface area contributed by atoms with E-state index in [9.17, 15) is 18.0 Å². The Morgan fingerprint density at radius 1 is 1.08 bits per heavy atom. The molecular formula is C27H26F4N6O2. The van der Waals surface area contributed by atoms with Crippen LogP contribution in [-0.2, 0) is 19.1 Å². The standard InChI is InChI=1S/C27H26F4N6O2/c1-34(2)16-23-32-12-14-36(23)22-11-8-18(15-21(22)28)35-13-4-5-20-24(26(35)38)37(33-25(20)27(29,30)31)17-6-9-19(39-3)10-7-17/h6-12,14-15H,4-5,13,16H2,1-3H3. The molecule has 39 heavy (non-hydrogen) atoms. The lowest BCUT2D eigenvalue weighted by Gasteiger charge is -2.22. The molecule has 0 aliphatic carbocycles. The van der Waals surface area contributed by atoms with Gasteiger partial charge in [0, 0.05) is 30.2 Å². The third kappa shape index (κ3) is 4.99. The Morgan fingerprint density at radius 2 is 1.79 bits per heavy atom. The molecule has 0 bridgehead atoms. The molecule has 0 atom stereocenters. The minimum atomic E-state index is -4.75. The summed E-state index contributed by atoms with van der Waals surface area (Å²) in [6.07, 6.45) is -1.29. The Hall–Kier alpha value is -4.19. The first-order valence-corrected chi connectivity index (χ1v) is 12.2. The van der Waals surface area contributed by atoms with Crippen molar-refractivity contribution in [2.45, 2.75) is 25.6 Å². The van der Waals surface area contributed by atoms with E-state index in [0.29, 0.717) is 18.1 Å². The maximum Gasteiger partial charge on any atom is 0.435 e. The summed E-state index contributed by atoms with van der Waals surface area (Å²) in [5.41, 5.74) is -0.712. The fraction of sp³-hybridized carbons (Fsp3) is 0.296. The van der Waals surface area contributed by atoms with Gasteiger partial charge >= 0.3 is 6.18 Å². The fourth-order valence-electron chi connectivity index (χ4n) is 4.75. The van der Waals surface area contributed by atoms with E-state index in [1.807, 2.05) is 19.0 Å². The van der Waals surface area contributed by atoms with E-state index in [4.69, 9.17) is 4.74 Å². The molecule has 5 rings (SSSR count). The predicted molar refractivity (Wildman–Crippen MR) is 136 cm³/mol. The van der Waals surface area contributed by atoms with Crippen LogP contribution in [0.4, 0.5) is 23.2 Å². The highest BCUT2D eigenvalue weighted by atomic mass is 19.4. The number of benzene rings is 2. The van der Waals surface area contributed by atoms with Crippen molar-refractivity contribution in [1.82, 2.24) is 24.2 Å². The molecule has 0 N–H and O–H groups in total. The van der Waals surface area contributed by atoms with Gasteiger partial charge in [0.15, 0.2) is 5.69 Å². The second-order valence-electron chi connectivity index (χ2n) is 9.43. The molecule has 8 nitrogen and oxygen atoms in total. The number of carbonyl (C=O) groups excluding carboxylic acids is 1. The lowest BCUT2D eigenvalue weighted by atomic mass is 10.1. The summed E-state index contributed by atoms with van der Waals surface area (Å²) in [6, 6.07) is 10.5. The maximum absolute atomic E-state index is 15.4. The third-order valence-electron chi connectivity index (χ3n) is 6.50. The number of carbonyl (C=O) groups is 1. The van der Waals surface area contributed by atoms with Crippen molar-refractivity contribution in [3.8, 4) is 17.1 Å². The van der Waals surface area contributed by atoms with Crippen molar-refractivity contribution in [1.29, 1.82) is 0 Å². The van der Waals surface area contributed by atoms with Crippen LogP contribution in [0.3, 0.4) is 0 Å². The topological polar surface area (TPSA) is 68.4 Å². The summed E-state index contributed by atoms with van der Waals surface area (Å²) < 4.78 is 65.1. The van der Waals surface area contributed by atoms with Crippen LogP contribution in [0.1, 0.15) is 34.0 Å². The van der Waals surface area contributed by atoms with Crippen molar-refractivity contribution in [3.63, 3.8) is 0 Å². The minimum absolute atomic E-state index is 0.00787. The number of alkyl halides is 3. The smallest absolute Gasteiger partial charge is 0.435 e. The van der Waals surface area contributed by atoms with E-state index >= 15 is 4.39 Å². The zero-order valence-corrected chi connectivity index (χ0v) is 21.5. The van der Waals surface area contributed by atoms with Gasteiger partial charge in [0.2, 0.25) is 0 Å². The summed E-state index contributed by atoms with van der Waals surface area (Å²) in [4.78, 5) is 21.3. The quantitative estimate of drug-likeness (QED) is 0.325. The number of fused-ring (bicyclic) bond motifs is 1. The highest BCUT2D eigenvalue weighted by Crippen LogP contribution is 2.37. The van der Waals surface area contributed by atoms with E-state index < -0.39 is 23.6 Å². The molecule has 0 saturated carbocycles. The average Bonchev–Trinajstić information content (AvgIpc) is 3.46. The minimum Gasteiger partial charge on any atom is -0.497 e. The number of nitrogens with zero attached hydrogens (tertiary/aromatic N) is 6. The molecule has 1 amide bonds. The van der Waals surface area contributed by atoms with Gasteiger partial charge in [0.05, 0.1) is 25.0 Å². The lowest BCUT2D eigenvalue weighted by molar-refractivity contribution is -0.141. The van der Waals surface area contributed by atoms with Crippen LogP contribution in [0, 0.1) is 5.82 Å². The van der Waals surface area contributed by atoms with Crippen LogP contribution in [0.2, 0.25) is 0 Å². The molecule has 2 aromatic carbocycles. The van der Waals surface area contributed by atoms with Gasteiger partial charge < -0.3 is 14.5 Å². The van der Waals surface area contributed by atoms with E-state index in [1.165, 1.54) is 36.3 Å². The Morgan fingerprint density at radius 3 is 2.44 bits per heavy atom. The van der Waals surface area contributed by atoms with Gasteiger partial charge in [-0.25, -0.2) is 14.1 Å². The van der Waals surface area contributed by atoms with E-state index in [0.717, 1.165) is 4.68 Å². The zero-order chi connectivity index (χ0) is 27.9. The van der Waals surface area contributed by atoms with Crippen LogP contribution in [0.25, 0.3) is 11.4 Å². The normalized spacial score (nSPS) is 14.1. The summed E-state index contributed by atoms with van der Waals surface area (Å²) in [5.74, 6) is -0.153. The Balaban J connectivity index is 1.56. The Bertz CT molecular complexity index is 1510. The number of ether oxygens (including phenoxy) is 1. The first-order chi connectivity index (χ1) is 18.6. The molecule has 204 valence electrons. The molecule has 2 aromatic heterocycles.